The fraction of sp³-hybridized carbons (Fsp3) is 0.355. The van der Waals surface area contributed by atoms with Crippen molar-refractivity contribution in [3.63, 3.8) is 0 Å². The minimum Gasteiger partial charge on any atom is -0.444 e. The Morgan fingerprint density at radius 3 is 2.22 bits per heavy atom. The SMILES string of the molecule is CN(CCC(OCc1cccc(NC(=O)CCc2ccccc2)c1)c1ccccc1)C(=O)OC(C)(C)C. The van der Waals surface area contributed by atoms with E-state index < -0.39 is 5.60 Å². The number of hydrogen-bond donors (Lipinski definition) is 1. The lowest BCUT2D eigenvalue weighted by molar-refractivity contribution is -0.116. The van der Waals surface area contributed by atoms with Gasteiger partial charge in [0.05, 0.1) is 12.7 Å². The van der Waals surface area contributed by atoms with E-state index in [1.54, 1.807) is 11.9 Å². The first-order chi connectivity index (χ1) is 17.7. The number of aryl methyl sites for hydroxylation is 1. The van der Waals surface area contributed by atoms with Crippen molar-refractivity contribution in [3.8, 4) is 0 Å². The van der Waals surface area contributed by atoms with E-state index >= 15 is 0 Å². The smallest absolute Gasteiger partial charge is 0.410 e. The van der Waals surface area contributed by atoms with Crippen LogP contribution in [0.3, 0.4) is 0 Å². The molecule has 0 aliphatic heterocycles. The molecule has 0 aliphatic carbocycles. The number of hydrogen-bond acceptors (Lipinski definition) is 4. The quantitative estimate of drug-likeness (QED) is 0.314. The van der Waals surface area contributed by atoms with Crippen LogP contribution < -0.4 is 5.32 Å². The van der Waals surface area contributed by atoms with Crippen LogP contribution in [-0.2, 0) is 27.3 Å². The highest BCUT2D eigenvalue weighted by atomic mass is 16.6. The van der Waals surface area contributed by atoms with Gasteiger partial charge >= 0.3 is 6.09 Å². The highest BCUT2D eigenvalue weighted by Gasteiger charge is 2.21. The number of carbonyl (C=O) groups excluding carboxylic acids is 2. The second-order valence-corrected chi connectivity index (χ2v) is 10.1. The van der Waals surface area contributed by atoms with E-state index in [1.807, 2.05) is 106 Å². The summed E-state index contributed by atoms with van der Waals surface area (Å²) >= 11 is 0. The summed E-state index contributed by atoms with van der Waals surface area (Å²) in [4.78, 5) is 26.4. The third-order valence-corrected chi connectivity index (χ3v) is 5.75. The Morgan fingerprint density at radius 2 is 1.54 bits per heavy atom. The third kappa shape index (κ3) is 10.1. The van der Waals surface area contributed by atoms with Gasteiger partial charge in [-0.3, -0.25) is 4.79 Å². The van der Waals surface area contributed by atoms with Crippen LogP contribution in [0.1, 0.15) is 56.4 Å². The van der Waals surface area contributed by atoms with Crippen LogP contribution in [0, 0.1) is 0 Å². The van der Waals surface area contributed by atoms with Crippen molar-refractivity contribution in [2.75, 3.05) is 18.9 Å². The Kier molecular flexibility index (Phi) is 10.3. The van der Waals surface area contributed by atoms with E-state index in [2.05, 4.69) is 5.32 Å². The Labute approximate surface area is 220 Å². The van der Waals surface area contributed by atoms with Gasteiger partial charge in [-0.15, -0.1) is 0 Å². The standard InChI is InChI=1S/C31H38N2O4/c1-31(2,3)37-30(35)33(4)21-20-28(26-15-9-6-10-16-26)36-23-25-14-11-17-27(22-25)32-29(34)19-18-24-12-7-5-8-13-24/h5-17,22,28H,18-21,23H2,1-4H3,(H,32,34). The van der Waals surface area contributed by atoms with Crippen molar-refractivity contribution in [2.45, 2.75) is 58.3 Å². The predicted octanol–water partition coefficient (Wildman–Crippen LogP) is 6.77. The average Bonchev–Trinajstić information content (AvgIpc) is 2.87. The predicted molar refractivity (Wildman–Crippen MR) is 147 cm³/mol. The molecule has 0 aromatic heterocycles. The molecule has 0 saturated heterocycles. The summed E-state index contributed by atoms with van der Waals surface area (Å²) in [5.74, 6) is -0.0192. The maximum absolute atomic E-state index is 12.5. The molecule has 3 aromatic rings. The molecule has 0 bridgehead atoms. The molecule has 1 unspecified atom stereocenters. The molecule has 0 radical (unpaired) electrons. The second-order valence-electron chi connectivity index (χ2n) is 10.1. The maximum Gasteiger partial charge on any atom is 0.410 e. The molecule has 1 atom stereocenters. The molecule has 3 aromatic carbocycles. The van der Waals surface area contributed by atoms with Gasteiger partial charge in [-0.1, -0.05) is 72.8 Å². The highest BCUT2D eigenvalue weighted by molar-refractivity contribution is 5.90. The molecule has 6 nitrogen and oxygen atoms in total. The Balaban J connectivity index is 1.56. The monoisotopic (exact) mass is 502 g/mol. The minimum absolute atomic E-state index is 0.0192. The average molecular weight is 503 g/mol. The minimum atomic E-state index is -0.539. The molecule has 6 heteroatoms. The Morgan fingerprint density at radius 1 is 0.892 bits per heavy atom. The van der Waals surface area contributed by atoms with Crippen molar-refractivity contribution < 1.29 is 19.1 Å². The van der Waals surface area contributed by atoms with Crippen molar-refractivity contribution in [1.29, 1.82) is 0 Å². The van der Waals surface area contributed by atoms with Crippen LogP contribution in [0.5, 0.6) is 0 Å². The summed E-state index contributed by atoms with van der Waals surface area (Å²) in [5, 5.41) is 2.99. The summed E-state index contributed by atoms with van der Waals surface area (Å²) in [7, 11) is 1.74. The van der Waals surface area contributed by atoms with E-state index in [0.29, 0.717) is 32.4 Å². The summed E-state index contributed by atoms with van der Waals surface area (Å²) in [6.45, 7) is 6.44. The number of nitrogens with zero attached hydrogens (tertiary/aromatic N) is 1. The number of anilines is 1. The number of nitrogens with one attached hydrogen (secondary N) is 1. The van der Waals surface area contributed by atoms with Gasteiger partial charge < -0.3 is 19.7 Å². The molecular formula is C31H38N2O4. The molecule has 37 heavy (non-hydrogen) atoms. The number of amides is 2. The highest BCUT2D eigenvalue weighted by Crippen LogP contribution is 2.24. The number of ether oxygens (including phenoxy) is 2. The normalized spacial score (nSPS) is 12.0. The first kappa shape index (κ1) is 27.9. The Bertz CT molecular complexity index is 1130. The second kappa shape index (κ2) is 13.6. The van der Waals surface area contributed by atoms with Crippen LogP contribution in [0.4, 0.5) is 10.5 Å². The van der Waals surface area contributed by atoms with Crippen molar-refractivity contribution >= 4 is 17.7 Å². The molecule has 196 valence electrons. The van der Waals surface area contributed by atoms with Crippen LogP contribution in [0.15, 0.2) is 84.9 Å². The van der Waals surface area contributed by atoms with Crippen molar-refractivity contribution in [3.05, 3.63) is 102 Å². The summed E-state index contributed by atoms with van der Waals surface area (Å²) < 4.78 is 11.8. The van der Waals surface area contributed by atoms with E-state index in [-0.39, 0.29) is 18.1 Å². The molecule has 0 saturated carbocycles. The van der Waals surface area contributed by atoms with Gasteiger partial charge in [0.15, 0.2) is 0 Å². The zero-order valence-electron chi connectivity index (χ0n) is 22.3. The van der Waals surface area contributed by atoms with Crippen LogP contribution in [-0.4, -0.2) is 36.1 Å². The van der Waals surface area contributed by atoms with E-state index in [4.69, 9.17) is 9.47 Å². The number of benzene rings is 3. The van der Waals surface area contributed by atoms with Crippen LogP contribution in [0.25, 0.3) is 0 Å². The van der Waals surface area contributed by atoms with E-state index in [1.165, 1.54) is 0 Å². The van der Waals surface area contributed by atoms with E-state index in [0.717, 1.165) is 22.4 Å². The maximum atomic E-state index is 12.5. The Hall–Kier alpha value is -3.64. The topological polar surface area (TPSA) is 67.9 Å². The van der Waals surface area contributed by atoms with Crippen molar-refractivity contribution in [1.82, 2.24) is 4.90 Å². The molecule has 2 amide bonds. The lowest BCUT2D eigenvalue weighted by Gasteiger charge is -2.26. The molecular weight excluding hydrogens is 464 g/mol. The van der Waals surface area contributed by atoms with E-state index in [9.17, 15) is 9.59 Å². The van der Waals surface area contributed by atoms with Gasteiger partial charge in [0.1, 0.15) is 5.60 Å². The molecule has 0 fully saturated rings. The fourth-order valence-electron chi connectivity index (χ4n) is 3.82. The number of rotatable bonds is 11. The van der Waals surface area contributed by atoms with Gasteiger partial charge in [0.25, 0.3) is 0 Å². The van der Waals surface area contributed by atoms with Crippen LogP contribution in [0.2, 0.25) is 0 Å². The largest absolute Gasteiger partial charge is 0.444 e. The fourth-order valence-corrected chi connectivity index (χ4v) is 3.82. The summed E-state index contributed by atoms with van der Waals surface area (Å²) in [5.41, 5.74) is 3.36. The first-order valence-electron chi connectivity index (χ1n) is 12.7. The van der Waals surface area contributed by atoms with Gasteiger partial charge in [0.2, 0.25) is 5.91 Å². The molecule has 0 aliphatic rings. The zero-order valence-corrected chi connectivity index (χ0v) is 22.3. The van der Waals surface area contributed by atoms with Crippen molar-refractivity contribution in [2.24, 2.45) is 0 Å². The van der Waals surface area contributed by atoms with Gasteiger partial charge in [-0.05, 0) is 62.4 Å². The number of carbonyl (C=O) groups is 2. The summed E-state index contributed by atoms with van der Waals surface area (Å²) in [6.07, 6.45) is 1.19. The molecule has 0 spiro atoms. The zero-order chi connectivity index (χ0) is 26.7. The first-order valence-corrected chi connectivity index (χ1v) is 12.7. The molecule has 3 rings (SSSR count). The lowest BCUT2D eigenvalue weighted by Crippen LogP contribution is -2.35. The molecule has 1 N–H and O–H groups in total. The van der Waals surface area contributed by atoms with Gasteiger partial charge in [-0.25, -0.2) is 4.79 Å². The lowest BCUT2D eigenvalue weighted by atomic mass is 10.1. The third-order valence-electron chi connectivity index (χ3n) is 5.75. The summed E-state index contributed by atoms with van der Waals surface area (Å²) in [6, 6.07) is 27.7. The van der Waals surface area contributed by atoms with Gasteiger partial charge in [0, 0.05) is 25.7 Å². The van der Waals surface area contributed by atoms with Crippen LogP contribution >= 0.6 is 0 Å². The molecule has 0 heterocycles. The van der Waals surface area contributed by atoms with Gasteiger partial charge in [-0.2, -0.15) is 0 Å².